The molecule has 1 aromatic heterocycles. The maximum atomic E-state index is 6.40. The molecular formula is C19H19ClN2. The van der Waals surface area contributed by atoms with E-state index in [4.69, 9.17) is 16.7 Å². The van der Waals surface area contributed by atoms with Crippen LogP contribution in [-0.4, -0.2) is 9.78 Å². The topological polar surface area (TPSA) is 17.8 Å². The van der Waals surface area contributed by atoms with Gasteiger partial charge in [0.15, 0.2) is 0 Å². The van der Waals surface area contributed by atoms with Crippen LogP contribution in [0.5, 0.6) is 0 Å². The lowest BCUT2D eigenvalue weighted by Gasteiger charge is -2.14. The monoisotopic (exact) mass is 310 g/mol. The van der Waals surface area contributed by atoms with Gasteiger partial charge in [0.05, 0.1) is 17.1 Å². The fraction of sp³-hybridized carbons (Fsp3) is 0.211. The quantitative estimate of drug-likeness (QED) is 0.612. The van der Waals surface area contributed by atoms with Gasteiger partial charge in [-0.3, -0.25) is 0 Å². The number of hydrogen-bond donors (Lipinski definition) is 0. The lowest BCUT2D eigenvalue weighted by atomic mass is 9.92. The van der Waals surface area contributed by atoms with Gasteiger partial charge in [-0.05, 0) is 24.3 Å². The van der Waals surface area contributed by atoms with E-state index in [9.17, 15) is 0 Å². The van der Waals surface area contributed by atoms with Crippen LogP contribution in [0.3, 0.4) is 0 Å². The molecule has 0 saturated carbocycles. The van der Waals surface area contributed by atoms with Crippen LogP contribution in [-0.2, 0) is 5.41 Å². The summed E-state index contributed by atoms with van der Waals surface area (Å²) >= 11 is 6.40. The normalized spacial score (nSPS) is 11.6. The summed E-state index contributed by atoms with van der Waals surface area (Å²) in [5.74, 6) is 0. The van der Waals surface area contributed by atoms with Gasteiger partial charge >= 0.3 is 0 Å². The first-order chi connectivity index (χ1) is 10.5. The van der Waals surface area contributed by atoms with Crippen molar-refractivity contribution in [2.75, 3.05) is 0 Å². The molecule has 3 rings (SSSR count). The molecule has 0 N–H and O–H groups in total. The van der Waals surface area contributed by atoms with Crippen molar-refractivity contribution < 1.29 is 0 Å². The van der Waals surface area contributed by atoms with Gasteiger partial charge in [-0.2, -0.15) is 5.10 Å². The first-order valence-electron chi connectivity index (χ1n) is 7.38. The molecule has 2 nitrogen and oxygen atoms in total. The number of aromatic nitrogens is 2. The molecule has 3 aromatic rings. The van der Waals surface area contributed by atoms with Crippen LogP contribution in [0.4, 0.5) is 0 Å². The summed E-state index contributed by atoms with van der Waals surface area (Å²) in [5.41, 5.74) is 4.08. The van der Waals surface area contributed by atoms with Crippen LogP contribution >= 0.6 is 11.6 Å². The summed E-state index contributed by atoms with van der Waals surface area (Å²) in [6.45, 7) is 6.50. The summed E-state index contributed by atoms with van der Waals surface area (Å²) in [5, 5.41) is 5.56. The molecular weight excluding hydrogens is 292 g/mol. The van der Waals surface area contributed by atoms with Crippen molar-refractivity contribution in [1.82, 2.24) is 9.78 Å². The Labute approximate surface area is 136 Å². The molecule has 22 heavy (non-hydrogen) atoms. The highest BCUT2D eigenvalue weighted by Crippen LogP contribution is 2.33. The van der Waals surface area contributed by atoms with Crippen molar-refractivity contribution in [3.8, 4) is 16.9 Å². The molecule has 1 heterocycles. The van der Waals surface area contributed by atoms with Crippen LogP contribution in [0.2, 0.25) is 5.02 Å². The fourth-order valence-corrected chi connectivity index (χ4v) is 2.61. The highest BCUT2D eigenvalue weighted by Gasteiger charge is 2.21. The van der Waals surface area contributed by atoms with Crippen LogP contribution in [0.15, 0.2) is 60.7 Å². The smallest absolute Gasteiger partial charge is 0.0759 e. The summed E-state index contributed by atoms with van der Waals surface area (Å²) in [7, 11) is 0. The molecule has 0 aliphatic heterocycles. The van der Waals surface area contributed by atoms with Gasteiger partial charge < -0.3 is 0 Å². The van der Waals surface area contributed by atoms with Crippen LogP contribution in [0.25, 0.3) is 16.9 Å². The predicted molar refractivity (Wildman–Crippen MR) is 92.7 cm³/mol. The zero-order chi connectivity index (χ0) is 15.7. The highest BCUT2D eigenvalue weighted by atomic mass is 35.5. The average molecular weight is 311 g/mol. The van der Waals surface area contributed by atoms with E-state index in [-0.39, 0.29) is 5.41 Å². The van der Waals surface area contributed by atoms with E-state index < -0.39 is 0 Å². The zero-order valence-electron chi connectivity index (χ0n) is 13.0. The number of rotatable bonds is 2. The van der Waals surface area contributed by atoms with Gasteiger partial charge in [-0.25, -0.2) is 4.68 Å². The van der Waals surface area contributed by atoms with Gasteiger partial charge in [-0.1, -0.05) is 68.8 Å². The first kappa shape index (κ1) is 14.9. The second-order valence-corrected chi connectivity index (χ2v) is 6.80. The maximum absolute atomic E-state index is 6.40. The van der Waals surface area contributed by atoms with Crippen LogP contribution in [0.1, 0.15) is 26.5 Å². The molecule has 0 unspecified atom stereocenters. The summed E-state index contributed by atoms with van der Waals surface area (Å²) in [4.78, 5) is 0. The van der Waals surface area contributed by atoms with Crippen molar-refractivity contribution >= 4 is 11.6 Å². The standard InChI is InChI=1S/C19H19ClN2/c1-19(2,3)18-13-17(15-11-7-8-12-16(15)20)22(21-18)14-9-5-4-6-10-14/h4-13H,1-3H3. The summed E-state index contributed by atoms with van der Waals surface area (Å²) in [6, 6.07) is 20.2. The number of nitrogens with zero attached hydrogens (tertiary/aromatic N) is 2. The van der Waals surface area contributed by atoms with Gasteiger partial charge in [0.25, 0.3) is 0 Å². The molecule has 0 atom stereocenters. The van der Waals surface area contributed by atoms with Crippen molar-refractivity contribution in [2.24, 2.45) is 0 Å². The number of halogens is 1. The van der Waals surface area contributed by atoms with Gasteiger partial charge in [0.1, 0.15) is 0 Å². The van der Waals surface area contributed by atoms with E-state index in [0.29, 0.717) is 0 Å². The van der Waals surface area contributed by atoms with E-state index in [1.54, 1.807) is 0 Å². The Morgan fingerprint density at radius 1 is 0.909 bits per heavy atom. The van der Waals surface area contributed by atoms with E-state index in [1.807, 2.05) is 47.1 Å². The largest absolute Gasteiger partial charge is 0.233 e. The molecule has 3 heteroatoms. The van der Waals surface area contributed by atoms with E-state index in [1.165, 1.54) is 0 Å². The summed E-state index contributed by atoms with van der Waals surface area (Å²) < 4.78 is 1.97. The third kappa shape index (κ3) is 2.79. The molecule has 0 aliphatic carbocycles. The SMILES string of the molecule is CC(C)(C)c1cc(-c2ccccc2Cl)n(-c2ccccc2)n1. The zero-order valence-corrected chi connectivity index (χ0v) is 13.8. The minimum atomic E-state index is -0.0178. The second kappa shape index (κ2) is 5.62. The maximum Gasteiger partial charge on any atom is 0.0759 e. The molecule has 0 saturated heterocycles. The third-order valence-electron chi connectivity index (χ3n) is 3.63. The first-order valence-corrected chi connectivity index (χ1v) is 7.75. The molecule has 0 spiro atoms. The lowest BCUT2D eigenvalue weighted by Crippen LogP contribution is -2.12. The lowest BCUT2D eigenvalue weighted by molar-refractivity contribution is 0.560. The molecule has 0 aliphatic rings. The highest BCUT2D eigenvalue weighted by molar-refractivity contribution is 6.33. The van der Waals surface area contributed by atoms with Crippen molar-refractivity contribution in [2.45, 2.75) is 26.2 Å². The van der Waals surface area contributed by atoms with Crippen molar-refractivity contribution in [3.05, 3.63) is 71.4 Å². The Morgan fingerprint density at radius 3 is 2.18 bits per heavy atom. The van der Waals surface area contributed by atoms with E-state index >= 15 is 0 Å². The molecule has 0 radical (unpaired) electrons. The Bertz CT molecular complexity index is 783. The predicted octanol–water partition coefficient (Wildman–Crippen LogP) is 5.49. The molecule has 0 amide bonds. The number of para-hydroxylation sites is 1. The van der Waals surface area contributed by atoms with E-state index in [0.717, 1.165) is 27.7 Å². The molecule has 0 fully saturated rings. The number of benzene rings is 2. The Balaban J connectivity index is 2.25. The molecule has 0 bridgehead atoms. The fourth-order valence-electron chi connectivity index (χ4n) is 2.37. The summed E-state index contributed by atoms with van der Waals surface area (Å²) in [6.07, 6.45) is 0. The second-order valence-electron chi connectivity index (χ2n) is 6.39. The molecule has 112 valence electrons. The minimum Gasteiger partial charge on any atom is -0.233 e. The number of hydrogen-bond acceptors (Lipinski definition) is 1. The van der Waals surface area contributed by atoms with Gasteiger partial charge in [-0.15, -0.1) is 0 Å². The van der Waals surface area contributed by atoms with E-state index in [2.05, 4.69) is 39.0 Å². The Kier molecular flexibility index (Phi) is 3.79. The third-order valence-corrected chi connectivity index (χ3v) is 3.96. The van der Waals surface area contributed by atoms with Gasteiger partial charge in [0, 0.05) is 16.0 Å². The average Bonchev–Trinajstić information content (AvgIpc) is 2.94. The van der Waals surface area contributed by atoms with Crippen LogP contribution in [0, 0.1) is 0 Å². The van der Waals surface area contributed by atoms with Crippen molar-refractivity contribution in [3.63, 3.8) is 0 Å². The van der Waals surface area contributed by atoms with Gasteiger partial charge in [0.2, 0.25) is 0 Å². The van der Waals surface area contributed by atoms with Crippen molar-refractivity contribution in [1.29, 1.82) is 0 Å². The minimum absolute atomic E-state index is 0.0178. The Hall–Kier alpha value is -2.06. The Morgan fingerprint density at radius 2 is 1.55 bits per heavy atom. The van der Waals surface area contributed by atoms with Crippen LogP contribution < -0.4 is 0 Å². The molecule has 2 aromatic carbocycles.